The molecule has 6 nitrogen and oxygen atoms in total. The zero-order valence-electron chi connectivity index (χ0n) is 16.6. The predicted molar refractivity (Wildman–Crippen MR) is 114 cm³/mol. The number of hydrogen-bond acceptors (Lipinski definition) is 5. The largest absolute Gasteiger partial charge is 0.468 e. The smallest absolute Gasteiger partial charge is 0.287 e. The Morgan fingerprint density at radius 2 is 1.97 bits per heavy atom. The van der Waals surface area contributed by atoms with Gasteiger partial charge in [0.25, 0.3) is 5.91 Å². The Morgan fingerprint density at radius 3 is 2.66 bits per heavy atom. The fourth-order valence-corrected chi connectivity index (χ4v) is 4.00. The summed E-state index contributed by atoms with van der Waals surface area (Å²) < 4.78 is 11.3. The molecule has 1 saturated heterocycles. The lowest BCUT2D eigenvalue weighted by molar-refractivity contribution is 0.0906. The number of carbonyl (C=O) groups is 1. The fourth-order valence-electron chi connectivity index (χ4n) is 4.00. The number of nitrogens with zero attached hydrogens (tertiary/aromatic N) is 1. The van der Waals surface area contributed by atoms with Crippen molar-refractivity contribution in [2.24, 2.45) is 0 Å². The Bertz CT molecular complexity index is 1050. The maximum atomic E-state index is 12.7. The first kappa shape index (κ1) is 21.1. The molecule has 3 heterocycles. The second-order valence-electron chi connectivity index (χ2n) is 7.41. The van der Waals surface area contributed by atoms with Gasteiger partial charge in [-0.2, -0.15) is 0 Å². The summed E-state index contributed by atoms with van der Waals surface area (Å²) in [6.45, 7) is 6.15. The molecule has 0 aliphatic carbocycles. The van der Waals surface area contributed by atoms with E-state index in [1.165, 1.54) is 6.07 Å². The normalized spacial score (nSPS) is 15.2. The van der Waals surface area contributed by atoms with Crippen molar-refractivity contribution in [3.05, 3.63) is 69.5 Å². The molecule has 0 bridgehead atoms. The number of rotatable bonds is 5. The number of carbonyl (C=O) groups excluding carboxylic acids is 1. The average Bonchev–Trinajstić information content (AvgIpc) is 3.35. The molecule has 1 fully saturated rings. The van der Waals surface area contributed by atoms with Gasteiger partial charge in [0.1, 0.15) is 11.3 Å². The van der Waals surface area contributed by atoms with Crippen molar-refractivity contribution in [1.82, 2.24) is 10.2 Å². The van der Waals surface area contributed by atoms with Gasteiger partial charge in [0.05, 0.1) is 17.7 Å². The third-order valence-electron chi connectivity index (χ3n) is 5.30. The van der Waals surface area contributed by atoms with Crippen LogP contribution in [0.15, 0.2) is 50.2 Å². The van der Waals surface area contributed by atoms with Crippen LogP contribution in [0.1, 0.15) is 46.3 Å². The third kappa shape index (κ3) is 4.38. The summed E-state index contributed by atoms with van der Waals surface area (Å²) in [5, 5.41) is 3.43. The van der Waals surface area contributed by atoms with Crippen LogP contribution in [0.3, 0.4) is 0 Å². The maximum Gasteiger partial charge on any atom is 0.287 e. The van der Waals surface area contributed by atoms with Crippen molar-refractivity contribution in [2.75, 3.05) is 19.6 Å². The minimum Gasteiger partial charge on any atom is -0.468 e. The van der Waals surface area contributed by atoms with Crippen molar-refractivity contribution in [2.45, 2.75) is 32.7 Å². The second-order valence-corrected chi connectivity index (χ2v) is 7.41. The zero-order valence-corrected chi connectivity index (χ0v) is 17.4. The number of nitrogens with one attached hydrogen (secondary N) is 1. The summed E-state index contributed by atoms with van der Waals surface area (Å²) in [6.07, 6.45) is 3.93. The number of benzene rings is 1. The standard InChI is InChI=1S/C22H24N2O4.ClH/c1-14-10-15(2)21-17(25)12-20(28-19(21)11-14)22(26)23-13-16(18-6-5-9-27-18)24-7-3-4-8-24;/h5-6,9-12,16H,3-4,7-8,13H2,1-2H3,(H,23,26);1H. The Morgan fingerprint density at radius 1 is 1.21 bits per heavy atom. The summed E-state index contributed by atoms with van der Waals surface area (Å²) in [6, 6.07) is 8.75. The van der Waals surface area contributed by atoms with Gasteiger partial charge in [-0.1, -0.05) is 6.07 Å². The summed E-state index contributed by atoms with van der Waals surface area (Å²) >= 11 is 0. The molecule has 1 aromatic carbocycles. The summed E-state index contributed by atoms with van der Waals surface area (Å²) in [5.74, 6) is 0.462. The minimum absolute atomic E-state index is 0. The van der Waals surface area contributed by atoms with Crippen LogP contribution < -0.4 is 10.7 Å². The minimum atomic E-state index is -0.395. The van der Waals surface area contributed by atoms with Crippen molar-refractivity contribution in [1.29, 1.82) is 0 Å². The highest BCUT2D eigenvalue weighted by Gasteiger charge is 2.26. The second kappa shape index (κ2) is 8.84. The Balaban J connectivity index is 0.00000240. The zero-order chi connectivity index (χ0) is 19.7. The van der Waals surface area contributed by atoms with E-state index in [1.54, 1.807) is 12.3 Å². The molecule has 3 aromatic rings. The number of halogens is 1. The maximum absolute atomic E-state index is 12.7. The van der Waals surface area contributed by atoms with Gasteiger partial charge in [-0.05, 0) is 69.1 Å². The first-order valence-corrected chi connectivity index (χ1v) is 9.63. The van der Waals surface area contributed by atoms with Gasteiger partial charge >= 0.3 is 0 Å². The fraction of sp³-hybridized carbons (Fsp3) is 0.364. The van der Waals surface area contributed by atoms with E-state index in [4.69, 9.17) is 8.83 Å². The van der Waals surface area contributed by atoms with Crippen LogP contribution in [-0.4, -0.2) is 30.4 Å². The molecule has 154 valence electrons. The van der Waals surface area contributed by atoms with Gasteiger partial charge in [0, 0.05) is 12.6 Å². The van der Waals surface area contributed by atoms with E-state index >= 15 is 0 Å². The highest BCUT2D eigenvalue weighted by molar-refractivity contribution is 5.93. The molecule has 1 amide bonds. The molecule has 1 unspecified atom stereocenters. The summed E-state index contributed by atoms with van der Waals surface area (Å²) in [4.78, 5) is 27.5. The lowest BCUT2D eigenvalue weighted by atomic mass is 10.1. The number of fused-ring (bicyclic) bond motifs is 1. The molecule has 1 N–H and O–H groups in total. The molecule has 2 aromatic heterocycles. The number of furan rings is 1. The van der Waals surface area contributed by atoms with Gasteiger partial charge in [0.15, 0.2) is 11.2 Å². The molecular weight excluding hydrogens is 392 g/mol. The van der Waals surface area contributed by atoms with Gasteiger partial charge in [-0.3, -0.25) is 14.5 Å². The molecule has 0 spiro atoms. The first-order chi connectivity index (χ1) is 13.5. The SMILES string of the molecule is Cc1cc(C)c2c(=O)cc(C(=O)NCC(c3ccco3)N3CCCC3)oc2c1.Cl. The van der Waals surface area contributed by atoms with Gasteiger partial charge in [-0.15, -0.1) is 12.4 Å². The van der Waals surface area contributed by atoms with E-state index in [0.29, 0.717) is 17.5 Å². The highest BCUT2D eigenvalue weighted by atomic mass is 35.5. The van der Waals surface area contributed by atoms with Crippen molar-refractivity contribution in [3.63, 3.8) is 0 Å². The molecule has 4 rings (SSSR count). The van der Waals surface area contributed by atoms with Crippen molar-refractivity contribution < 1.29 is 13.6 Å². The molecular formula is C22H25ClN2O4. The van der Waals surface area contributed by atoms with Crippen LogP contribution in [-0.2, 0) is 0 Å². The number of amides is 1. The van der Waals surface area contributed by atoms with Gasteiger partial charge < -0.3 is 14.2 Å². The molecule has 7 heteroatoms. The number of hydrogen-bond donors (Lipinski definition) is 1. The van der Waals surface area contributed by atoms with Crippen LogP contribution in [0.4, 0.5) is 0 Å². The highest BCUT2D eigenvalue weighted by Crippen LogP contribution is 2.25. The van der Waals surface area contributed by atoms with Crippen molar-refractivity contribution in [3.8, 4) is 0 Å². The lowest BCUT2D eigenvalue weighted by Gasteiger charge is -2.25. The van der Waals surface area contributed by atoms with E-state index in [2.05, 4.69) is 10.2 Å². The Kier molecular flexibility index (Phi) is 6.45. The number of likely N-dealkylation sites (tertiary alicyclic amines) is 1. The quantitative estimate of drug-likeness (QED) is 0.680. The van der Waals surface area contributed by atoms with Gasteiger partial charge in [0.2, 0.25) is 0 Å². The van der Waals surface area contributed by atoms with Crippen LogP contribution in [0.2, 0.25) is 0 Å². The van der Waals surface area contributed by atoms with E-state index in [9.17, 15) is 9.59 Å². The predicted octanol–water partition coefficient (Wildman–Crippen LogP) is 3.99. The first-order valence-electron chi connectivity index (χ1n) is 9.63. The summed E-state index contributed by atoms with van der Waals surface area (Å²) in [7, 11) is 0. The lowest BCUT2D eigenvalue weighted by Crippen LogP contribution is -2.36. The van der Waals surface area contributed by atoms with Gasteiger partial charge in [-0.25, -0.2) is 0 Å². The Hall–Kier alpha value is -2.57. The van der Waals surface area contributed by atoms with E-state index < -0.39 is 5.91 Å². The Labute approximate surface area is 175 Å². The monoisotopic (exact) mass is 416 g/mol. The number of aryl methyl sites for hydroxylation is 2. The van der Waals surface area contributed by atoms with Crippen LogP contribution in [0.25, 0.3) is 11.0 Å². The topological polar surface area (TPSA) is 75.7 Å². The third-order valence-corrected chi connectivity index (χ3v) is 5.30. The van der Waals surface area contributed by atoms with Crippen LogP contribution in [0, 0.1) is 13.8 Å². The summed E-state index contributed by atoms with van der Waals surface area (Å²) in [5.41, 5.74) is 2.07. The molecule has 1 aliphatic heterocycles. The molecule has 1 aliphatic rings. The van der Waals surface area contributed by atoms with E-state index in [-0.39, 0.29) is 29.6 Å². The van der Waals surface area contributed by atoms with Crippen LogP contribution >= 0.6 is 12.4 Å². The van der Waals surface area contributed by atoms with Crippen LogP contribution in [0.5, 0.6) is 0 Å². The molecule has 1 atom stereocenters. The molecule has 29 heavy (non-hydrogen) atoms. The van der Waals surface area contributed by atoms with E-state index in [0.717, 1.165) is 42.8 Å². The molecule has 0 radical (unpaired) electrons. The molecule has 0 saturated carbocycles. The average molecular weight is 417 g/mol. The van der Waals surface area contributed by atoms with E-state index in [1.807, 2.05) is 32.0 Å². The van der Waals surface area contributed by atoms with Crippen molar-refractivity contribution >= 4 is 29.3 Å².